The number of nitrogens with zero attached hydrogens (tertiary/aromatic N) is 4. The number of alkyl halides is 2. The van der Waals surface area contributed by atoms with Gasteiger partial charge in [0.15, 0.2) is 5.78 Å². The van der Waals surface area contributed by atoms with Gasteiger partial charge in [0.1, 0.15) is 6.04 Å². The maximum atomic E-state index is 13.6. The maximum Gasteiger partial charge on any atom is 0.268 e. The minimum atomic E-state index is -3.09. The van der Waals surface area contributed by atoms with Crippen molar-refractivity contribution in [1.29, 1.82) is 5.26 Å². The first-order valence-electron chi connectivity index (χ1n) is 11.0. The number of hydrogen-bond acceptors (Lipinski definition) is 6. The van der Waals surface area contributed by atoms with Gasteiger partial charge in [-0.15, -0.1) is 0 Å². The van der Waals surface area contributed by atoms with Crippen molar-refractivity contribution in [3.05, 3.63) is 65.5 Å². The van der Waals surface area contributed by atoms with Gasteiger partial charge in [-0.1, -0.05) is 18.2 Å². The van der Waals surface area contributed by atoms with Crippen LogP contribution >= 0.6 is 13.5 Å². The van der Waals surface area contributed by atoms with E-state index in [9.17, 15) is 18.4 Å². The van der Waals surface area contributed by atoms with E-state index in [-0.39, 0.29) is 32.1 Å². The average molecular weight is 511 g/mol. The molecule has 2 aromatic heterocycles. The number of ether oxygens (including phenoxy) is 1. The van der Waals surface area contributed by atoms with Crippen molar-refractivity contribution >= 4 is 48.2 Å². The Morgan fingerprint density at radius 2 is 1.92 bits per heavy atom. The second-order valence-corrected chi connectivity index (χ2v) is 8.25. The molecule has 1 amide bonds. The maximum absolute atomic E-state index is 13.6. The number of likely N-dealkylation sites (tertiary alicyclic amines) is 1. The molecule has 36 heavy (non-hydrogen) atoms. The summed E-state index contributed by atoms with van der Waals surface area (Å²) in [6.45, 7) is -0.796. The lowest BCUT2D eigenvalue weighted by atomic mass is 10.00. The highest BCUT2D eigenvalue weighted by molar-refractivity contribution is 7.59. The molecule has 1 aromatic carbocycles. The normalized spacial score (nSPS) is 16.5. The van der Waals surface area contributed by atoms with Gasteiger partial charge in [0, 0.05) is 48.7 Å². The molecule has 0 radical (unpaired) electrons. The molecule has 3 heterocycles. The number of hydrogen-bond donors (Lipinski definition) is 0. The molecule has 186 valence electrons. The van der Waals surface area contributed by atoms with Crippen molar-refractivity contribution in [3.8, 4) is 11.9 Å². The van der Waals surface area contributed by atoms with Crippen LogP contribution in [0.3, 0.4) is 0 Å². The molecule has 1 fully saturated rings. The monoisotopic (exact) mass is 510 g/mol. The van der Waals surface area contributed by atoms with E-state index in [1.807, 2.05) is 30.4 Å². The van der Waals surface area contributed by atoms with Crippen LogP contribution in [0.2, 0.25) is 0 Å². The van der Waals surface area contributed by atoms with E-state index in [1.54, 1.807) is 37.6 Å². The topological polar surface area (TPSA) is 96.2 Å². The fourth-order valence-electron chi connectivity index (χ4n) is 4.01. The SMILES string of the molecule is COc1ccc(/C=C/c2ccc3nccc(C(=O)CCC(=O)N4CC(F)(F)C[C@H]4C#N)c3c2)cn1.S. The molecule has 7 nitrogen and oxygen atoms in total. The summed E-state index contributed by atoms with van der Waals surface area (Å²) in [6.07, 6.45) is 5.86. The number of amides is 1. The number of halogens is 2. The highest BCUT2D eigenvalue weighted by atomic mass is 32.1. The van der Waals surface area contributed by atoms with Crippen molar-refractivity contribution in [1.82, 2.24) is 14.9 Å². The largest absolute Gasteiger partial charge is 0.481 e. The molecule has 0 saturated carbocycles. The van der Waals surface area contributed by atoms with Crippen LogP contribution < -0.4 is 4.74 Å². The number of carbonyl (C=O) groups is 2. The van der Waals surface area contributed by atoms with Crippen LogP contribution in [0.1, 0.15) is 40.7 Å². The van der Waals surface area contributed by atoms with Crippen LogP contribution in [0.25, 0.3) is 23.1 Å². The molecule has 1 atom stereocenters. The number of fused-ring (bicyclic) bond motifs is 1. The van der Waals surface area contributed by atoms with Crippen molar-refractivity contribution in [2.75, 3.05) is 13.7 Å². The van der Waals surface area contributed by atoms with Gasteiger partial charge in [-0.3, -0.25) is 14.6 Å². The zero-order chi connectivity index (χ0) is 25.0. The molecule has 0 spiro atoms. The molecule has 10 heteroatoms. The highest BCUT2D eigenvalue weighted by Gasteiger charge is 2.47. The van der Waals surface area contributed by atoms with Crippen LogP contribution in [0.4, 0.5) is 8.78 Å². The smallest absolute Gasteiger partial charge is 0.268 e. The fraction of sp³-hybridized carbons (Fsp3) is 0.269. The first-order chi connectivity index (χ1) is 16.8. The minimum absolute atomic E-state index is 0. The Morgan fingerprint density at radius 1 is 1.17 bits per heavy atom. The van der Waals surface area contributed by atoms with Crippen LogP contribution in [0, 0.1) is 11.3 Å². The van der Waals surface area contributed by atoms with Gasteiger partial charge in [0.05, 0.1) is 25.2 Å². The molecular weight excluding hydrogens is 486 g/mol. The third-order valence-electron chi connectivity index (χ3n) is 5.81. The van der Waals surface area contributed by atoms with E-state index in [4.69, 9.17) is 10.00 Å². The Morgan fingerprint density at radius 3 is 2.61 bits per heavy atom. The molecule has 0 N–H and O–H groups in total. The second kappa shape index (κ2) is 11.3. The molecule has 1 saturated heterocycles. The summed E-state index contributed by atoms with van der Waals surface area (Å²) in [6, 6.07) is 11.3. The lowest BCUT2D eigenvalue weighted by molar-refractivity contribution is -0.132. The van der Waals surface area contributed by atoms with Gasteiger partial charge >= 0.3 is 0 Å². The number of Topliss-reactive ketones (excluding diaryl/α,β-unsaturated/α-hetero) is 1. The van der Waals surface area contributed by atoms with Gasteiger partial charge in [0.2, 0.25) is 11.8 Å². The van der Waals surface area contributed by atoms with Gasteiger partial charge in [-0.2, -0.15) is 18.8 Å². The quantitative estimate of drug-likeness (QED) is 0.430. The molecule has 1 aliphatic rings. The summed E-state index contributed by atoms with van der Waals surface area (Å²) < 4.78 is 32.3. The highest BCUT2D eigenvalue weighted by Crippen LogP contribution is 2.32. The predicted molar refractivity (Wildman–Crippen MR) is 136 cm³/mol. The van der Waals surface area contributed by atoms with E-state index >= 15 is 0 Å². The summed E-state index contributed by atoms with van der Waals surface area (Å²) in [4.78, 5) is 34.8. The summed E-state index contributed by atoms with van der Waals surface area (Å²) in [7, 11) is 1.55. The Balaban J connectivity index is 0.00000361. The first kappa shape index (κ1) is 26.8. The Kier molecular flexibility index (Phi) is 8.37. The molecule has 3 aromatic rings. The van der Waals surface area contributed by atoms with E-state index in [0.717, 1.165) is 16.0 Å². The van der Waals surface area contributed by atoms with Gasteiger partial charge in [-0.25, -0.2) is 13.8 Å². The Bertz CT molecular complexity index is 1340. The van der Waals surface area contributed by atoms with Crippen molar-refractivity contribution in [2.45, 2.75) is 31.2 Å². The number of nitriles is 1. The number of methoxy groups -OCH3 is 1. The summed E-state index contributed by atoms with van der Waals surface area (Å²) in [5.74, 6) is -3.50. The number of ketones is 1. The number of carbonyl (C=O) groups excluding carboxylic acids is 2. The van der Waals surface area contributed by atoms with Gasteiger partial charge in [-0.05, 0) is 35.4 Å². The number of rotatable bonds is 7. The Hall–Kier alpha value is -3.84. The molecule has 0 unspecified atom stereocenters. The predicted octanol–water partition coefficient (Wildman–Crippen LogP) is 4.64. The van der Waals surface area contributed by atoms with Crippen LogP contribution in [0.15, 0.2) is 48.8 Å². The fourth-order valence-corrected chi connectivity index (χ4v) is 4.01. The van der Waals surface area contributed by atoms with Crippen molar-refractivity contribution < 1.29 is 23.1 Å². The number of aromatic nitrogens is 2. The van der Waals surface area contributed by atoms with Gasteiger partial charge < -0.3 is 9.64 Å². The summed E-state index contributed by atoms with van der Waals surface area (Å²) in [5, 5.41) is 9.72. The summed E-state index contributed by atoms with van der Waals surface area (Å²) in [5.41, 5.74) is 2.72. The zero-order valence-corrected chi connectivity index (χ0v) is 20.4. The van der Waals surface area contributed by atoms with Crippen LogP contribution in [-0.2, 0) is 4.79 Å². The molecular formula is C26H24F2N4O3S. The van der Waals surface area contributed by atoms with E-state index in [1.165, 1.54) is 6.20 Å². The van der Waals surface area contributed by atoms with E-state index in [2.05, 4.69) is 9.97 Å². The third kappa shape index (κ3) is 6.04. The van der Waals surface area contributed by atoms with Crippen molar-refractivity contribution in [3.63, 3.8) is 0 Å². The standard InChI is InChI=1S/C26H22F2N4O3.H2S/c1-35-24-8-5-18(15-31-24)3-2-17-4-6-22-21(12-17)20(10-11-30-22)23(33)7-9-25(34)32-16-26(27,28)13-19(32)14-29;/h2-6,8,10-12,15,19H,7,9,13,16H2,1H3;1H2/b3-2+;/t19-;/m0./s1. The minimum Gasteiger partial charge on any atom is -0.481 e. The number of pyridine rings is 2. The van der Waals surface area contributed by atoms with Crippen LogP contribution in [-0.4, -0.2) is 52.2 Å². The molecule has 1 aliphatic heterocycles. The lowest BCUT2D eigenvalue weighted by Gasteiger charge is -2.18. The molecule has 0 bridgehead atoms. The molecule has 0 aliphatic carbocycles. The molecule has 4 rings (SSSR count). The second-order valence-electron chi connectivity index (χ2n) is 8.25. The van der Waals surface area contributed by atoms with Crippen LogP contribution in [0.5, 0.6) is 5.88 Å². The van der Waals surface area contributed by atoms with Gasteiger partial charge in [0.25, 0.3) is 5.92 Å². The Labute approximate surface area is 213 Å². The van der Waals surface area contributed by atoms with E-state index < -0.39 is 30.8 Å². The van der Waals surface area contributed by atoms with Crippen molar-refractivity contribution in [2.24, 2.45) is 0 Å². The summed E-state index contributed by atoms with van der Waals surface area (Å²) >= 11 is 0. The average Bonchev–Trinajstić information content (AvgIpc) is 3.20. The van der Waals surface area contributed by atoms with E-state index in [0.29, 0.717) is 22.3 Å². The first-order valence-corrected chi connectivity index (χ1v) is 11.0. The number of benzene rings is 1. The third-order valence-corrected chi connectivity index (χ3v) is 5.81. The zero-order valence-electron chi connectivity index (χ0n) is 19.4. The lowest BCUT2D eigenvalue weighted by Crippen LogP contribution is -2.36.